The predicted molar refractivity (Wildman–Crippen MR) is 172 cm³/mol. The molecule has 1 saturated heterocycles. The van der Waals surface area contributed by atoms with Gasteiger partial charge in [-0.1, -0.05) is 26.0 Å². The number of amides is 4. The van der Waals surface area contributed by atoms with E-state index < -0.39 is 6.04 Å². The maximum absolute atomic E-state index is 13.8. The Hall–Kier alpha value is -4.74. The molecule has 2 bridgehead atoms. The van der Waals surface area contributed by atoms with Gasteiger partial charge in [-0.15, -0.1) is 0 Å². The Morgan fingerprint density at radius 3 is 2.54 bits per heavy atom. The van der Waals surface area contributed by atoms with Gasteiger partial charge in [0.15, 0.2) is 0 Å². The van der Waals surface area contributed by atoms with Crippen LogP contribution in [0.3, 0.4) is 0 Å². The number of hydrogen-bond donors (Lipinski definition) is 2. The van der Waals surface area contributed by atoms with Crippen molar-refractivity contribution in [3.05, 3.63) is 66.7 Å². The van der Waals surface area contributed by atoms with E-state index in [0.29, 0.717) is 76.3 Å². The van der Waals surface area contributed by atoms with Crippen LogP contribution < -0.4 is 15.4 Å². The molecule has 12 heteroatoms. The van der Waals surface area contributed by atoms with E-state index in [1.54, 1.807) is 40.5 Å². The van der Waals surface area contributed by atoms with Crippen LogP contribution in [0.4, 0.5) is 0 Å². The van der Waals surface area contributed by atoms with Crippen molar-refractivity contribution >= 4 is 23.6 Å². The lowest BCUT2D eigenvalue weighted by atomic mass is 9.94. The minimum Gasteiger partial charge on any atom is -0.494 e. The predicted octanol–water partition coefficient (Wildman–Crippen LogP) is 2.76. The number of fused-ring (bicyclic) bond motifs is 4. The largest absolute Gasteiger partial charge is 0.494 e. The molecule has 46 heavy (non-hydrogen) atoms. The van der Waals surface area contributed by atoms with Crippen LogP contribution in [0.25, 0.3) is 11.4 Å². The lowest BCUT2D eigenvalue weighted by Crippen LogP contribution is -2.52. The molecule has 2 aromatic heterocycles. The molecule has 4 amide bonds. The van der Waals surface area contributed by atoms with Crippen molar-refractivity contribution in [3.63, 3.8) is 0 Å². The molecule has 244 valence electrons. The van der Waals surface area contributed by atoms with Crippen LogP contribution in [-0.2, 0) is 20.9 Å². The van der Waals surface area contributed by atoms with Crippen molar-refractivity contribution < 1.29 is 23.9 Å². The van der Waals surface area contributed by atoms with Gasteiger partial charge in [0.25, 0.3) is 5.91 Å². The number of nitrogens with one attached hydrogen (secondary N) is 2. The van der Waals surface area contributed by atoms with Gasteiger partial charge in [0.05, 0.1) is 13.2 Å². The van der Waals surface area contributed by atoms with Gasteiger partial charge >= 0.3 is 0 Å². The SMILES string of the molecule is CC(C)C[C@H]1NC(=O)CN(C(=O)C2CCN(C(=O)c3ccncc3)CC2)CCCOc2cccc(c2)-c2nccn2CCNC1=O. The Morgan fingerprint density at radius 1 is 1.00 bits per heavy atom. The van der Waals surface area contributed by atoms with E-state index in [9.17, 15) is 19.2 Å². The zero-order valence-electron chi connectivity index (χ0n) is 26.6. The molecule has 0 radical (unpaired) electrons. The van der Waals surface area contributed by atoms with Gasteiger partial charge in [0.1, 0.15) is 17.6 Å². The van der Waals surface area contributed by atoms with Crippen LogP contribution in [-0.4, -0.2) is 93.3 Å². The fraction of sp³-hybridized carbons (Fsp3) is 0.471. The highest BCUT2D eigenvalue weighted by molar-refractivity contribution is 5.94. The molecule has 3 aromatic rings. The highest BCUT2D eigenvalue weighted by atomic mass is 16.5. The molecule has 0 saturated carbocycles. The smallest absolute Gasteiger partial charge is 0.253 e. The third-order valence-electron chi connectivity index (χ3n) is 8.36. The quantitative estimate of drug-likeness (QED) is 0.453. The summed E-state index contributed by atoms with van der Waals surface area (Å²) in [6.07, 6.45) is 8.76. The summed E-state index contributed by atoms with van der Waals surface area (Å²) in [7, 11) is 0. The number of aromatic nitrogens is 3. The number of likely N-dealkylation sites (tertiary alicyclic amines) is 1. The summed E-state index contributed by atoms with van der Waals surface area (Å²) in [5, 5.41) is 5.86. The topological polar surface area (TPSA) is 139 Å². The number of ether oxygens (including phenoxy) is 1. The van der Waals surface area contributed by atoms with Gasteiger partial charge in [0.2, 0.25) is 17.7 Å². The number of carbonyl (C=O) groups is 4. The van der Waals surface area contributed by atoms with E-state index in [-0.39, 0.29) is 42.0 Å². The molecular weight excluding hydrogens is 586 g/mol. The lowest BCUT2D eigenvalue weighted by Gasteiger charge is -2.34. The standard InChI is InChI=1S/C34H43N7O5/c1-24(2)21-29-32(43)37-14-19-39-18-13-36-31(39)27-5-3-6-28(22-27)46-20-4-15-41(23-30(42)38-29)34(45)26-9-16-40(17-10-26)33(44)25-7-11-35-12-8-25/h3,5-8,11-13,18,22,24,26,29H,4,9-10,14-17,19-21,23H2,1-2H3,(H,37,43)(H,38,42)/t29-/m1/s1. The van der Waals surface area contributed by atoms with Gasteiger partial charge in [0, 0.05) is 74.6 Å². The van der Waals surface area contributed by atoms with E-state index in [1.807, 2.05) is 48.9 Å². The average molecular weight is 630 g/mol. The van der Waals surface area contributed by atoms with Gasteiger partial charge in [-0.2, -0.15) is 0 Å². The summed E-state index contributed by atoms with van der Waals surface area (Å²) < 4.78 is 8.03. The fourth-order valence-corrected chi connectivity index (χ4v) is 5.99. The van der Waals surface area contributed by atoms with Crippen molar-refractivity contribution in [1.82, 2.24) is 35.0 Å². The van der Waals surface area contributed by atoms with Crippen LogP contribution in [0.5, 0.6) is 5.75 Å². The molecule has 2 N–H and O–H groups in total. The highest BCUT2D eigenvalue weighted by Gasteiger charge is 2.32. The van der Waals surface area contributed by atoms with Crippen molar-refractivity contribution in [2.45, 2.75) is 52.1 Å². The van der Waals surface area contributed by atoms with Crippen LogP contribution in [0.2, 0.25) is 0 Å². The first kappa shape index (κ1) is 32.6. The first-order valence-electron chi connectivity index (χ1n) is 16.1. The van der Waals surface area contributed by atoms with E-state index in [1.165, 1.54) is 0 Å². The summed E-state index contributed by atoms with van der Waals surface area (Å²) in [6.45, 7) is 6.26. The normalized spacial score (nSPS) is 18.9. The number of nitrogens with zero attached hydrogens (tertiary/aromatic N) is 5. The van der Waals surface area contributed by atoms with E-state index in [0.717, 1.165) is 11.4 Å². The number of imidazole rings is 1. The van der Waals surface area contributed by atoms with E-state index >= 15 is 0 Å². The van der Waals surface area contributed by atoms with E-state index in [4.69, 9.17) is 4.74 Å². The molecule has 1 aromatic carbocycles. The molecule has 0 unspecified atom stereocenters. The monoisotopic (exact) mass is 629 g/mol. The van der Waals surface area contributed by atoms with Crippen molar-refractivity contribution in [1.29, 1.82) is 0 Å². The molecule has 12 nitrogen and oxygen atoms in total. The zero-order valence-corrected chi connectivity index (χ0v) is 26.6. The van der Waals surface area contributed by atoms with Gasteiger partial charge in [-0.3, -0.25) is 24.2 Å². The Bertz CT molecular complexity index is 1500. The number of carbonyl (C=O) groups excluding carboxylic acids is 4. The Kier molecular flexibility index (Phi) is 11.0. The fourth-order valence-electron chi connectivity index (χ4n) is 5.99. The minimum absolute atomic E-state index is 0.0798. The second kappa shape index (κ2) is 15.5. The van der Waals surface area contributed by atoms with Crippen molar-refractivity contribution in [2.24, 2.45) is 11.8 Å². The van der Waals surface area contributed by atoms with Crippen LogP contribution in [0.1, 0.15) is 49.9 Å². The number of pyridine rings is 1. The average Bonchev–Trinajstić information content (AvgIpc) is 3.54. The molecule has 2 aliphatic rings. The Balaban J connectivity index is 1.30. The van der Waals surface area contributed by atoms with Crippen molar-refractivity contribution in [2.75, 3.05) is 39.3 Å². The van der Waals surface area contributed by atoms with Gasteiger partial charge in [-0.05, 0) is 55.9 Å². The maximum atomic E-state index is 13.8. The first-order chi connectivity index (χ1) is 22.3. The van der Waals surface area contributed by atoms with Crippen molar-refractivity contribution in [3.8, 4) is 17.1 Å². The Morgan fingerprint density at radius 2 is 1.78 bits per heavy atom. The summed E-state index contributed by atoms with van der Waals surface area (Å²) in [5.74, 6) is 0.441. The first-order valence-corrected chi connectivity index (χ1v) is 16.1. The van der Waals surface area contributed by atoms with Gasteiger partial charge < -0.3 is 29.7 Å². The zero-order chi connectivity index (χ0) is 32.5. The highest BCUT2D eigenvalue weighted by Crippen LogP contribution is 2.24. The van der Waals surface area contributed by atoms with Crippen LogP contribution >= 0.6 is 0 Å². The molecule has 1 atom stereocenters. The third-order valence-corrected chi connectivity index (χ3v) is 8.36. The molecule has 0 aliphatic carbocycles. The summed E-state index contributed by atoms with van der Waals surface area (Å²) in [5.41, 5.74) is 1.46. The van der Waals surface area contributed by atoms with Crippen LogP contribution in [0.15, 0.2) is 61.2 Å². The van der Waals surface area contributed by atoms with Crippen LogP contribution in [0, 0.1) is 11.8 Å². The lowest BCUT2D eigenvalue weighted by molar-refractivity contribution is -0.141. The molecular formula is C34H43N7O5. The van der Waals surface area contributed by atoms with Gasteiger partial charge in [-0.25, -0.2) is 4.98 Å². The molecule has 1 fully saturated rings. The maximum Gasteiger partial charge on any atom is 0.253 e. The molecule has 4 heterocycles. The number of benzene rings is 1. The second-order valence-electron chi connectivity index (χ2n) is 12.3. The summed E-state index contributed by atoms with van der Waals surface area (Å²) in [4.78, 5) is 65.2. The second-order valence-corrected chi connectivity index (χ2v) is 12.3. The number of rotatable bonds is 4. The minimum atomic E-state index is -0.729. The summed E-state index contributed by atoms with van der Waals surface area (Å²) >= 11 is 0. The summed E-state index contributed by atoms with van der Waals surface area (Å²) in [6, 6.07) is 10.3. The Labute approximate surface area is 269 Å². The molecule has 2 aliphatic heterocycles. The third kappa shape index (κ3) is 8.49. The number of piperidine rings is 1. The number of hydrogen-bond acceptors (Lipinski definition) is 7. The molecule has 5 rings (SSSR count). The van der Waals surface area contributed by atoms with E-state index in [2.05, 4.69) is 20.6 Å². The molecule has 0 spiro atoms.